The van der Waals surface area contributed by atoms with Crippen LogP contribution in [0, 0.1) is 0 Å². The third-order valence-corrected chi connectivity index (χ3v) is 4.21. The first-order chi connectivity index (χ1) is 11.8. The molecule has 0 saturated heterocycles. The summed E-state index contributed by atoms with van der Waals surface area (Å²) in [6.07, 6.45) is -2.67. The Hall–Kier alpha value is -2.60. The maximum atomic E-state index is 10.5. The van der Waals surface area contributed by atoms with Gasteiger partial charge in [-0.05, 0) is 46.2 Å². The highest BCUT2D eigenvalue weighted by Crippen LogP contribution is 2.27. The van der Waals surface area contributed by atoms with E-state index in [-0.39, 0.29) is 0 Å². The van der Waals surface area contributed by atoms with Crippen molar-refractivity contribution in [2.45, 2.75) is 19.0 Å². The van der Waals surface area contributed by atoms with Crippen molar-refractivity contribution in [3.05, 3.63) is 54.1 Å². The van der Waals surface area contributed by atoms with Gasteiger partial charge in [-0.15, -0.1) is 0 Å². The summed E-state index contributed by atoms with van der Waals surface area (Å²) in [6.45, 7) is 1.23. The number of carboxylic acids is 1. The lowest BCUT2D eigenvalue weighted by molar-refractivity contribution is -0.575. The van der Waals surface area contributed by atoms with Crippen molar-refractivity contribution in [2.24, 2.45) is 0 Å². The highest BCUT2D eigenvalue weighted by Gasteiger charge is 2.28. The Kier molecular flexibility index (Phi) is 4.63. The van der Waals surface area contributed by atoms with E-state index in [1.54, 1.807) is 0 Å². The number of halogens is 3. The fourth-order valence-corrected chi connectivity index (χ4v) is 3.01. The molecule has 0 aliphatic carbocycles. The fraction of sp³-hybridized carbons (Fsp3) is 0.211. The number of hydrogen-bond acceptors (Lipinski definition) is 2. The predicted octanol–water partition coefficient (Wildman–Crippen LogP) is 2.43. The van der Waals surface area contributed by atoms with Gasteiger partial charge in [0.2, 0.25) is 0 Å². The van der Waals surface area contributed by atoms with Crippen LogP contribution in [0.1, 0.15) is 12.0 Å². The van der Waals surface area contributed by atoms with Crippen molar-refractivity contribution in [1.29, 1.82) is 0 Å². The molecule has 0 saturated carbocycles. The second-order valence-electron chi connectivity index (χ2n) is 5.98. The number of aryl methyl sites for hydroxylation is 1. The zero-order valence-corrected chi connectivity index (χ0v) is 13.3. The van der Waals surface area contributed by atoms with E-state index in [2.05, 4.69) is 53.8 Å². The minimum Gasteiger partial charge on any atom is -0.542 e. The molecular weight excluding hydrogens is 331 g/mol. The smallest absolute Gasteiger partial charge is 0.430 e. The van der Waals surface area contributed by atoms with Crippen molar-refractivity contribution in [3.63, 3.8) is 0 Å². The molecule has 0 atom stereocenters. The number of hydrogen-bond donors (Lipinski definition) is 1. The first kappa shape index (κ1) is 17.2. The van der Waals surface area contributed by atoms with E-state index < -0.39 is 12.1 Å². The van der Waals surface area contributed by atoms with Crippen LogP contribution in [-0.2, 0) is 11.2 Å². The van der Waals surface area contributed by atoms with Gasteiger partial charge in [0.25, 0.3) is 0 Å². The van der Waals surface area contributed by atoms with Gasteiger partial charge in [-0.3, -0.25) is 0 Å². The lowest BCUT2D eigenvalue weighted by Crippen LogP contribution is -2.79. The van der Waals surface area contributed by atoms with Crippen LogP contribution < -0.4 is 10.4 Å². The van der Waals surface area contributed by atoms with E-state index in [4.69, 9.17) is 9.90 Å². The highest BCUT2D eigenvalue weighted by atomic mass is 19.4. The molecule has 25 heavy (non-hydrogen) atoms. The highest BCUT2D eigenvalue weighted by molar-refractivity contribution is 5.99. The van der Waals surface area contributed by atoms with E-state index in [0.29, 0.717) is 0 Å². The van der Waals surface area contributed by atoms with Crippen LogP contribution in [0.5, 0.6) is 0 Å². The van der Waals surface area contributed by atoms with Crippen molar-refractivity contribution in [1.82, 2.24) is 0 Å². The lowest BCUT2D eigenvalue weighted by Gasteiger charge is -2.14. The maximum absolute atomic E-state index is 10.5. The molecule has 1 aliphatic heterocycles. The maximum Gasteiger partial charge on any atom is 0.430 e. The topological polar surface area (TPSA) is 56.7 Å². The Bertz CT molecular complexity index is 871. The average molecular weight is 347 g/mol. The molecule has 1 heterocycles. The van der Waals surface area contributed by atoms with Crippen LogP contribution in [0.3, 0.4) is 0 Å². The second kappa shape index (κ2) is 6.72. The number of fused-ring (bicyclic) bond motifs is 3. The van der Waals surface area contributed by atoms with Crippen LogP contribution in [0.25, 0.3) is 21.5 Å². The van der Waals surface area contributed by atoms with E-state index in [1.165, 1.54) is 52.2 Å². The van der Waals surface area contributed by atoms with Crippen molar-refractivity contribution >= 4 is 33.2 Å². The van der Waals surface area contributed by atoms with Gasteiger partial charge in [-0.1, -0.05) is 24.3 Å². The van der Waals surface area contributed by atoms with E-state index >= 15 is 0 Å². The molecule has 1 aliphatic rings. The summed E-state index contributed by atoms with van der Waals surface area (Å²) in [6, 6.07) is 18.0. The van der Waals surface area contributed by atoms with Gasteiger partial charge in [-0.2, -0.15) is 13.2 Å². The standard InChI is InChI=1S/C17H15N.C2HF3O2/c1-2-5-13-9-16-11-17-14(6-3-7-18-17)10-15(16)8-12(13)4-1;3-2(4,5)1(6)7/h1-2,4-5,8-11,18H,3,6-7H2;(H,6,7). The number of quaternary nitrogens is 1. The largest absolute Gasteiger partial charge is 0.542 e. The number of carboxylic acid groups (broad SMARTS) is 1. The molecule has 0 bridgehead atoms. The number of rotatable bonds is 0. The Morgan fingerprint density at radius 1 is 0.960 bits per heavy atom. The van der Waals surface area contributed by atoms with Crippen LogP contribution in [-0.4, -0.2) is 18.7 Å². The fourth-order valence-electron chi connectivity index (χ4n) is 3.01. The van der Waals surface area contributed by atoms with Gasteiger partial charge < -0.3 is 15.2 Å². The molecule has 2 N–H and O–H groups in total. The minimum atomic E-state index is -5.19. The van der Waals surface area contributed by atoms with Gasteiger partial charge in [0.05, 0.1) is 6.54 Å². The summed E-state index contributed by atoms with van der Waals surface area (Å²) >= 11 is 0. The Morgan fingerprint density at radius 2 is 1.52 bits per heavy atom. The number of carbonyl (C=O) groups excluding carboxylic acids is 1. The van der Waals surface area contributed by atoms with Crippen LogP contribution in [0.4, 0.5) is 18.9 Å². The molecule has 3 aromatic carbocycles. The second-order valence-corrected chi connectivity index (χ2v) is 5.98. The Labute approximate surface area is 142 Å². The number of carbonyl (C=O) groups is 1. The molecule has 0 aromatic heterocycles. The third kappa shape index (κ3) is 3.91. The van der Waals surface area contributed by atoms with Gasteiger partial charge in [0, 0.05) is 18.1 Å². The SMILES string of the molecule is O=C([O-])C(F)(F)F.c1ccc2cc3cc4c(cc3cc2c1)CCC[NH2+]4. The molecule has 3 nitrogen and oxygen atoms in total. The van der Waals surface area contributed by atoms with Gasteiger partial charge >= 0.3 is 6.18 Å². The quantitative estimate of drug-likeness (QED) is 0.502. The van der Waals surface area contributed by atoms with Crippen LogP contribution >= 0.6 is 0 Å². The van der Waals surface area contributed by atoms with Gasteiger partial charge in [-0.25, -0.2) is 0 Å². The molecule has 0 amide bonds. The van der Waals surface area contributed by atoms with E-state index in [0.717, 1.165) is 0 Å². The average Bonchev–Trinajstić information content (AvgIpc) is 2.57. The molecule has 0 spiro atoms. The summed E-state index contributed by atoms with van der Waals surface area (Å²) < 4.78 is 31.5. The summed E-state index contributed by atoms with van der Waals surface area (Å²) in [5.41, 5.74) is 2.97. The Balaban J connectivity index is 0.000000225. The number of alkyl halides is 3. The molecule has 3 aromatic rings. The molecule has 0 unspecified atom stereocenters. The molecule has 130 valence electrons. The third-order valence-electron chi connectivity index (χ3n) is 4.21. The Morgan fingerprint density at radius 3 is 2.08 bits per heavy atom. The summed E-state index contributed by atoms with van der Waals surface area (Å²) in [7, 11) is 0. The van der Waals surface area contributed by atoms with Crippen molar-refractivity contribution < 1.29 is 28.4 Å². The summed E-state index contributed by atoms with van der Waals surface area (Å²) in [5.74, 6) is -3.01. The van der Waals surface area contributed by atoms with Crippen molar-refractivity contribution in [2.75, 3.05) is 6.54 Å². The molecule has 6 heteroatoms. The summed E-state index contributed by atoms with van der Waals surface area (Å²) in [4.78, 5) is 8.78. The van der Waals surface area contributed by atoms with E-state index in [9.17, 15) is 13.2 Å². The van der Waals surface area contributed by atoms with Crippen LogP contribution in [0.2, 0.25) is 0 Å². The number of aliphatic carboxylic acids is 1. The van der Waals surface area contributed by atoms with E-state index in [1.807, 2.05) is 0 Å². The van der Waals surface area contributed by atoms with Gasteiger partial charge in [0.1, 0.15) is 11.7 Å². The lowest BCUT2D eigenvalue weighted by atomic mass is 9.97. The molecule has 0 fully saturated rings. The summed E-state index contributed by atoms with van der Waals surface area (Å²) in [5, 5.41) is 16.6. The zero-order chi connectivity index (χ0) is 18.0. The minimum absolute atomic E-state index is 1.23. The first-order valence-electron chi connectivity index (χ1n) is 7.91. The molecule has 0 radical (unpaired) electrons. The normalized spacial score (nSPS) is 13.9. The monoisotopic (exact) mass is 347 g/mol. The number of nitrogens with two attached hydrogens (primary N) is 1. The zero-order valence-electron chi connectivity index (χ0n) is 13.3. The van der Waals surface area contributed by atoms with Crippen molar-refractivity contribution in [3.8, 4) is 0 Å². The number of benzene rings is 3. The predicted molar refractivity (Wildman–Crippen MR) is 87.3 cm³/mol. The molecular formula is C19H16F3NO2. The first-order valence-corrected chi connectivity index (χ1v) is 7.91. The molecule has 4 rings (SSSR count). The van der Waals surface area contributed by atoms with Crippen LogP contribution in [0.15, 0.2) is 48.5 Å². The van der Waals surface area contributed by atoms with Gasteiger partial charge in [0.15, 0.2) is 0 Å².